The third kappa shape index (κ3) is 4.91. The molecule has 1 fully saturated rings. The zero-order valence-corrected chi connectivity index (χ0v) is 13.4. The predicted molar refractivity (Wildman–Crippen MR) is 86.0 cm³/mol. The van der Waals surface area contributed by atoms with E-state index in [-0.39, 0.29) is 18.2 Å². The van der Waals surface area contributed by atoms with E-state index >= 15 is 0 Å². The number of benzene rings is 1. The summed E-state index contributed by atoms with van der Waals surface area (Å²) in [6.07, 6.45) is 3.55. The normalized spacial score (nSPS) is 22.7. The van der Waals surface area contributed by atoms with Crippen LogP contribution in [0.3, 0.4) is 0 Å². The fourth-order valence-electron chi connectivity index (χ4n) is 2.82. The summed E-state index contributed by atoms with van der Waals surface area (Å²) in [5, 5.41) is 12.4. The van der Waals surface area contributed by atoms with Crippen molar-refractivity contribution in [3.05, 3.63) is 30.3 Å². The molecule has 0 saturated heterocycles. The SMILES string of the molecule is CC(O)CN(C)C(=O)NC1CCCCC1Oc1ccccc1. The summed E-state index contributed by atoms with van der Waals surface area (Å²) in [6.45, 7) is 1.99. The molecule has 1 aromatic rings. The Hall–Kier alpha value is -1.75. The third-order valence-corrected chi connectivity index (χ3v) is 3.93. The van der Waals surface area contributed by atoms with Crippen LogP contribution >= 0.6 is 0 Å². The van der Waals surface area contributed by atoms with Crippen molar-refractivity contribution in [2.45, 2.75) is 50.9 Å². The van der Waals surface area contributed by atoms with Gasteiger partial charge >= 0.3 is 6.03 Å². The summed E-state index contributed by atoms with van der Waals surface area (Å²) in [5.41, 5.74) is 0. The Morgan fingerprint density at radius 3 is 2.73 bits per heavy atom. The second-order valence-corrected chi connectivity index (χ2v) is 6.04. The van der Waals surface area contributed by atoms with E-state index < -0.39 is 6.10 Å². The van der Waals surface area contributed by atoms with Gasteiger partial charge in [-0.15, -0.1) is 0 Å². The van der Waals surface area contributed by atoms with Crippen molar-refractivity contribution in [1.29, 1.82) is 0 Å². The lowest BCUT2D eigenvalue weighted by atomic mass is 9.92. The Kier molecular flexibility index (Phi) is 6.07. The molecule has 0 aromatic heterocycles. The molecule has 2 rings (SSSR count). The highest BCUT2D eigenvalue weighted by Gasteiger charge is 2.29. The van der Waals surface area contributed by atoms with Crippen LogP contribution in [0.5, 0.6) is 5.75 Å². The lowest BCUT2D eigenvalue weighted by Crippen LogP contribution is -2.52. The number of nitrogens with one attached hydrogen (secondary N) is 1. The monoisotopic (exact) mass is 306 g/mol. The molecule has 2 amide bonds. The Balaban J connectivity index is 1.93. The smallest absolute Gasteiger partial charge is 0.317 e. The molecule has 3 atom stereocenters. The molecule has 1 aliphatic carbocycles. The highest BCUT2D eigenvalue weighted by atomic mass is 16.5. The molecule has 5 heteroatoms. The van der Waals surface area contributed by atoms with Gasteiger partial charge in [0.25, 0.3) is 0 Å². The van der Waals surface area contributed by atoms with E-state index in [9.17, 15) is 9.90 Å². The summed E-state index contributed by atoms with van der Waals surface area (Å²) in [6, 6.07) is 9.58. The molecule has 0 spiro atoms. The van der Waals surface area contributed by atoms with Crippen molar-refractivity contribution in [2.24, 2.45) is 0 Å². The molecule has 22 heavy (non-hydrogen) atoms. The summed E-state index contributed by atoms with van der Waals surface area (Å²) >= 11 is 0. The highest BCUT2D eigenvalue weighted by Crippen LogP contribution is 2.24. The van der Waals surface area contributed by atoms with E-state index in [0.717, 1.165) is 31.4 Å². The maximum Gasteiger partial charge on any atom is 0.317 e. The zero-order valence-electron chi connectivity index (χ0n) is 13.4. The van der Waals surface area contributed by atoms with Gasteiger partial charge in [0, 0.05) is 13.6 Å². The lowest BCUT2D eigenvalue weighted by Gasteiger charge is -2.33. The number of nitrogens with zero attached hydrogens (tertiary/aromatic N) is 1. The van der Waals surface area contributed by atoms with Crippen LogP contribution in [0, 0.1) is 0 Å². The van der Waals surface area contributed by atoms with Gasteiger partial charge in [0.1, 0.15) is 11.9 Å². The fourth-order valence-corrected chi connectivity index (χ4v) is 2.82. The number of carbonyl (C=O) groups excluding carboxylic acids is 1. The number of likely N-dealkylation sites (N-methyl/N-ethyl adjacent to an activating group) is 1. The summed E-state index contributed by atoms with van der Waals surface area (Å²) in [4.78, 5) is 13.7. The second kappa shape index (κ2) is 8.03. The topological polar surface area (TPSA) is 61.8 Å². The van der Waals surface area contributed by atoms with Crippen LogP contribution in [0.4, 0.5) is 4.79 Å². The number of ether oxygens (including phenoxy) is 1. The van der Waals surface area contributed by atoms with Crippen LogP contribution < -0.4 is 10.1 Å². The van der Waals surface area contributed by atoms with E-state index in [4.69, 9.17) is 4.74 Å². The summed E-state index contributed by atoms with van der Waals surface area (Å²) in [5.74, 6) is 0.839. The molecule has 2 N–H and O–H groups in total. The van der Waals surface area contributed by atoms with Gasteiger partial charge in [0.2, 0.25) is 0 Å². The van der Waals surface area contributed by atoms with E-state index in [1.165, 1.54) is 4.90 Å². The molecular weight excluding hydrogens is 280 g/mol. The van der Waals surface area contributed by atoms with Crippen molar-refractivity contribution in [3.8, 4) is 5.75 Å². The third-order valence-electron chi connectivity index (χ3n) is 3.93. The average molecular weight is 306 g/mol. The number of amides is 2. The second-order valence-electron chi connectivity index (χ2n) is 6.04. The van der Waals surface area contributed by atoms with Gasteiger partial charge in [-0.25, -0.2) is 4.79 Å². The molecule has 1 saturated carbocycles. The largest absolute Gasteiger partial charge is 0.488 e. The van der Waals surface area contributed by atoms with E-state index in [0.29, 0.717) is 6.54 Å². The van der Waals surface area contributed by atoms with E-state index in [1.807, 2.05) is 30.3 Å². The Morgan fingerprint density at radius 2 is 2.05 bits per heavy atom. The number of hydrogen-bond acceptors (Lipinski definition) is 3. The van der Waals surface area contributed by atoms with Gasteiger partial charge in [-0.3, -0.25) is 0 Å². The predicted octanol–water partition coefficient (Wildman–Crippen LogP) is 2.40. The van der Waals surface area contributed by atoms with E-state index in [2.05, 4.69) is 5.32 Å². The maximum absolute atomic E-state index is 12.2. The first-order valence-corrected chi connectivity index (χ1v) is 7.97. The quantitative estimate of drug-likeness (QED) is 0.878. The molecule has 1 aromatic carbocycles. The minimum Gasteiger partial charge on any atom is -0.488 e. The van der Waals surface area contributed by atoms with Crippen molar-refractivity contribution < 1.29 is 14.6 Å². The maximum atomic E-state index is 12.2. The first-order chi connectivity index (χ1) is 10.6. The van der Waals surface area contributed by atoms with Crippen molar-refractivity contribution >= 4 is 6.03 Å². The Labute approximate surface area is 132 Å². The molecular formula is C17H26N2O3. The molecule has 122 valence electrons. The van der Waals surface area contributed by atoms with Crippen molar-refractivity contribution in [1.82, 2.24) is 10.2 Å². The molecule has 1 aliphatic rings. The number of rotatable bonds is 5. The van der Waals surface area contributed by atoms with Crippen LogP contribution in [-0.2, 0) is 0 Å². The highest BCUT2D eigenvalue weighted by molar-refractivity contribution is 5.74. The first-order valence-electron chi connectivity index (χ1n) is 7.97. The lowest BCUT2D eigenvalue weighted by molar-refractivity contribution is 0.106. The van der Waals surface area contributed by atoms with Crippen LogP contribution in [0.1, 0.15) is 32.6 Å². The zero-order chi connectivity index (χ0) is 15.9. The van der Waals surface area contributed by atoms with Crippen molar-refractivity contribution in [2.75, 3.05) is 13.6 Å². The van der Waals surface area contributed by atoms with Gasteiger partial charge in [-0.2, -0.15) is 0 Å². The number of para-hydroxylation sites is 1. The number of aliphatic hydroxyl groups excluding tert-OH is 1. The van der Waals surface area contributed by atoms with Crippen molar-refractivity contribution in [3.63, 3.8) is 0 Å². The molecule has 0 bridgehead atoms. The Morgan fingerprint density at radius 1 is 1.36 bits per heavy atom. The molecule has 5 nitrogen and oxygen atoms in total. The molecule has 0 heterocycles. The number of aliphatic hydroxyl groups is 1. The first kappa shape index (κ1) is 16.6. The van der Waals surface area contributed by atoms with E-state index in [1.54, 1.807) is 14.0 Å². The van der Waals surface area contributed by atoms with Gasteiger partial charge in [-0.05, 0) is 38.3 Å². The average Bonchev–Trinajstić information content (AvgIpc) is 2.49. The summed E-state index contributed by atoms with van der Waals surface area (Å²) < 4.78 is 6.05. The standard InChI is InChI=1S/C17H26N2O3/c1-13(20)12-19(2)17(21)18-15-10-6-7-11-16(15)22-14-8-4-3-5-9-14/h3-5,8-9,13,15-16,20H,6-7,10-12H2,1-2H3,(H,18,21). The molecule has 0 radical (unpaired) electrons. The summed E-state index contributed by atoms with van der Waals surface area (Å²) in [7, 11) is 1.69. The number of carbonyl (C=O) groups is 1. The van der Waals surface area contributed by atoms with Gasteiger partial charge in [0.05, 0.1) is 12.1 Å². The fraction of sp³-hybridized carbons (Fsp3) is 0.588. The number of hydrogen-bond donors (Lipinski definition) is 2. The minimum atomic E-state index is -0.529. The molecule has 3 unspecified atom stereocenters. The molecule has 0 aliphatic heterocycles. The van der Waals surface area contributed by atoms with Gasteiger partial charge in [0.15, 0.2) is 0 Å². The Bertz CT molecular complexity index is 464. The van der Waals surface area contributed by atoms with Crippen LogP contribution in [0.15, 0.2) is 30.3 Å². The number of urea groups is 1. The van der Waals surface area contributed by atoms with Gasteiger partial charge in [-0.1, -0.05) is 24.6 Å². The van der Waals surface area contributed by atoms with Crippen LogP contribution in [0.2, 0.25) is 0 Å². The minimum absolute atomic E-state index is 0.0000463. The van der Waals surface area contributed by atoms with Crippen LogP contribution in [0.25, 0.3) is 0 Å². The van der Waals surface area contributed by atoms with Crippen LogP contribution in [-0.4, -0.2) is 47.9 Å². The van der Waals surface area contributed by atoms with Gasteiger partial charge < -0.3 is 20.1 Å².